The molecule has 0 atom stereocenters. The Morgan fingerprint density at radius 2 is 1.97 bits per heavy atom. The highest BCUT2D eigenvalue weighted by Gasteiger charge is 2.23. The molecular weight excluding hydrogens is 436 g/mol. The number of hydrogen-bond donors (Lipinski definition) is 3. The first kappa shape index (κ1) is 25.1. The molecule has 172 valence electrons. The molecule has 1 fully saturated rings. The van der Waals surface area contributed by atoms with E-state index in [4.69, 9.17) is 5.73 Å². The van der Waals surface area contributed by atoms with E-state index in [0.717, 1.165) is 9.88 Å². The van der Waals surface area contributed by atoms with Crippen molar-refractivity contribution in [1.29, 1.82) is 0 Å². The number of benzene rings is 1. The van der Waals surface area contributed by atoms with Crippen LogP contribution in [0.4, 0.5) is 10.5 Å². The molecule has 0 aliphatic heterocycles. The number of sulfonamides is 1. The molecular formula is C21H32N4O4S2. The number of carbonyl (C=O) groups excluding carboxylic acids is 1. The lowest BCUT2D eigenvalue weighted by atomic mass is 9.90. The molecule has 31 heavy (non-hydrogen) atoms. The topological polar surface area (TPSA) is 137 Å². The zero-order valence-corrected chi connectivity index (χ0v) is 19.9. The van der Waals surface area contributed by atoms with Crippen LogP contribution in [-0.2, 0) is 14.8 Å². The van der Waals surface area contributed by atoms with Crippen molar-refractivity contribution in [2.24, 2.45) is 5.73 Å². The first-order chi connectivity index (χ1) is 14.6. The Morgan fingerprint density at radius 3 is 2.52 bits per heavy atom. The van der Waals surface area contributed by atoms with Gasteiger partial charge in [0.2, 0.25) is 10.0 Å². The van der Waals surface area contributed by atoms with Gasteiger partial charge >= 0.3 is 6.09 Å². The van der Waals surface area contributed by atoms with Crippen LogP contribution in [-0.4, -0.2) is 32.1 Å². The molecule has 2 aromatic rings. The maximum atomic E-state index is 12.5. The number of nitrogen functional groups attached to an aromatic ring is 1. The summed E-state index contributed by atoms with van der Waals surface area (Å²) in [6, 6.07) is 5.03. The van der Waals surface area contributed by atoms with E-state index in [2.05, 4.69) is 20.2 Å². The minimum atomic E-state index is -3.58. The fraction of sp³-hybridized carbons (Fsp3) is 0.524. The molecule has 0 radical (unpaired) electrons. The number of thiazole rings is 1. The third kappa shape index (κ3) is 7.48. The van der Waals surface area contributed by atoms with Gasteiger partial charge in [-0.1, -0.05) is 32.3 Å². The lowest BCUT2D eigenvalue weighted by Crippen LogP contribution is -2.23. The Labute approximate surface area is 188 Å². The predicted molar refractivity (Wildman–Crippen MR) is 124 cm³/mol. The number of amides is 1. The van der Waals surface area contributed by atoms with Gasteiger partial charge in [-0.15, -0.1) is 11.3 Å². The van der Waals surface area contributed by atoms with Gasteiger partial charge in [0.1, 0.15) is 0 Å². The minimum Gasteiger partial charge on any atom is -0.447 e. The lowest BCUT2D eigenvalue weighted by molar-refractivity contribution is 0.125. The largest absolute Gasteiger partial charge is 0.447 e. The van der Waals surface area contributed by atoms with Gasteiger partial charge in [0, 0.05) is 29.9 Å². The molecule has 10 heteroatoms. The lowest BCUT2D eigenvalue weighted by Gasteiger charge is -2.18. The Balaban J connectivity index is 0.000000423. The number of nitrogens with two attached hydrogens (primary N) is 2. The number of hydrogen-bond acceptors (Lipinski definition) is 7. The molecule has 0 spiro atoms. The molecule has 8 nitrogen and oxygen atoms in total. The second-order valence-corrected chi connectivity index (χ2v) is 10.4. The van der Waals surface area contributed by atoms with Crippen molar-refractivity contribution in [1.82, 2.24) is 9.71 Å². The van der Waals surface area contributed by atoms with E-state index in [0.29, 0.717) is 23.7 Å². The van der Waals surface area contributed by atoms with Gasteiger partial charge in [-0.3, -0.25) is 0 Å². The summed E-state index contributed by atoms with van der Waals surface area (Å²) in [5.41, 5.74) is 11.6. The monoisotopic (exact) mass is 468 g/mol. The molecule has 1 aliphatic carbocycles. The van der Waals surface area contributed by atoms with Crippen molar-refractivity contribution < 1.29 is 17.9 Å². The summed E-state index contributed by atoms with van der Waals surface area (Å²) in [4.78, 5) is 15.5. The Hall–Kier alpha value is -2.17. The van der Waals surface area contributed by atoms with Crippen molar-refractivity contribution in [2.75, 3.05) is 12.3 Å². The van der Waals surface area contributed by atoms with E-state index in [-0.39, 0.29) is 11.0 Å². The highest BCUT2D eigenvalue weighted by molar-refractivity contribution is 7.89. The van der Waals surface area contributed by atoms with Gasteiger partial charge < -0.3 is 16.2 Å². The van der Waals surface area contributed by atoms with Crippen LogP contribution in [0.2, 0.25) is 0 Å². The fourth-order valence-corrected chi connectivity index (χ4v) is 5.90. The van der Waals surface area contributed by atoms with Gasteiger partial charge in [-0.25, -0.2) is 22.9 Å². The maximum absolute atomic E-state index is 12.5. The standard InChI is InChI=1S/C17H23N3O2S2.C4H9NO2/c1-2-20-24(21,22)16-10-13(18)8-9-14(16)15-11-19-17(23-15)12-6-4-3-5-7-12;1-3(2)7-4(5)6/h8-12,20H,2-7,18H2,1H3;3H,1-2H3,(H2,5,6). The summed E-state index contributed by atoms with van der Waals surface area (Å²) < 4.78 is 31.9. The second kappa shape index (κ2) is 11.4. The van der Waals surface area contributed by atoms with Crippen LogP contribution in [0.15, 0.2) is 29.3 Å². The van der Waals surface area contributed by atoms with E-state index in [1.165, 1.54) is 38.2 Å². The predicted octanol–water partition coefficient (Wildman–Crippen LogP) is 4.23. The Kier molecular flexibility index (Phi) is 9.27. The molecule has 1 saturated carbocycles. The van der Waals surface area contributed by atoms with Crippen molar-refractivity contribution in [3.05, 3.63) is 29.4 Å². The average Bonchev–Trinajstić information content (AvgIpc) is 3.18. The minimum absolute atomic E-state index is 0.0995. The number of nitrogens with one attached hydrogen (secondary N) is 1. The molecule has 0 saturated heterocycles. The second-order valence-electron chi connectivity index (χ2n) is 7.64. The highest BCUT2D eigenvalue weighted by atomic mass is 32.2. The number of anilines is 1. The van der Waals surface area contributed by atoms with E-state index in [9.17, 15) is 13.2 Å². The van der Waals surface area contributed by atoms with Gasteiger partial charge in [0.15, 0.2) is 0 Å². The molecule has 5 N–H and O–H groups in total. The third-order valence-electron chi connectivity index (χ3n) is 4.72. The number of primary amides is 1. The van der Waals surface area contributed by atoms with Crippen molar-refractivity contribution in [3.8, 4) is 10.4 Å². The van der Waals surface area contributed by atoms with Crippen LogP contribution in [0.25, 0.3) is 10.4 Å². The SMILES string of the molecule is CC(C)OC(N)=O.CCNS(=O)(=O)c1cc(N)ccc1-c1cnc(C2CCCCC2)s1. The number of aromatic nitrogens is 1. The normalized spacial score (nSPS) is 14.7. The molecule has 1 amide bonds. The van der Waals surface area contributed by atoms with E-state index < -0.39 is 16.1 Å². The van der Waals surface area contributed by atoms with Crippen LogP contribution >= 0.6 is 11.3 Å². The summed E-state index contributed by atoms with van der Waals surface area (Å²) in [6.07, 6.45) is 7.15. The first-order valence-electron chi connectivity index (χ1n) is 10.5. The molecule has 3 rings (SSSR count). The van der Waals surface area contributed by atoms with Crippen molar-refractivity contribution >= 4 is 33.1 Å². The molecule has 1 aliphatic rings. The summed E-state index contributed by atoms with van der Waals surface area (Å²) in [5.74, 6) is 0.514. The summed E-state index contributed by atoms with van der Waals surface area (Å²) in [7, 11) is -3.58. The van der Waals surface area contributed by atoms with Gasteiger partial charge in [0.05, 0.1) is 20.9 Å². The Morgan fingerprint density at radius 1 is 1.29 bits per heavy atom. The summed E-state index contributed by atoms with van der Waals surface area (Å²) >= 11 is 1.60. The third-order valence-corrected chi connectivity index (χ3v) is 7.50. The van der Waals surface area contributed by atoms with Gasteiger partial charge in [-0.2, -0.15) is 0 Å². The summed E-state index contributed by atoms with van der Waals surface area (Å²) in [5, 5.41) is 1.12. The molecule has 1 aromatic carbocycles. The quantitative estimate of drug-likeness (QED) is 0.543. The van der Waals surface area contributed by atoms with E-state index in [1.54, 1.807) is 50.4 Å². The van der Waals surface area contributed by atoms with Crippen LogP contribution < -0.4 is 16.2 Å². The van der Waals surface area contributed by atoms with Crippen molar-refractivity contribution in [3.63, 3.8) is 0 Å². The van der Waals surface area contributed by atoms with Crippen LogP contribution in [0.3, 0.4) is 0 Å². The van der Waals surface area contributed by atoms with Crippen molar-refractivity contribution in [2.45, 2.75) is 69.8 Å². The molecule has 1 heterocycles. The highest BCUT2D eigenvalue weighted by Crippen LogP contribution is 2.39. The summed E-state index contributed by atoms with van der Waals surface area (Å²) in [6.45, 7) is 5.58. The van der Waals surface area contributed by atoms with Crippen LogP contribution in [0.5, 0.6) is 0 Å². The van der Waals surface area contributed by atoms with E-state index in [1.807, 2.05) is 0 Å². The number of nitrogens with zero attached hydrogens (tertiary/aromatic N) is 1. The van der Waals surface area contributed by atoms with E-state index >= 15 is 0 Å². The number of carbonyl (C=O) groups is 1. The zero-order valence-electron chi connectivity index (χ0n) is 18.3. The molecule has 1 aromatic heterocycles. The smallest absolute Gasteiger partial charge is 0.404 e. The van der Waals surface area contributed by atoms with Crippen LogP contribution in [0.1, 0.15) is 63.8 Å². The zero-order chi connectivity index (χ0) is 23.0. The van der Waals surface area contributed by atoms with Gasteiger partial charge in [0.25, 0.3) is 0 Å². The maximum Gasteiger partial charge on any atom is 0.404 e. The molecule has 0 unspecified atom stereocenters. The number of rotatable bonds is 6. The molecule has 0 bridgehead atoms. The average molecular weight is 469 g/mol. The Bertz CT molecular complexity index is 968. The fourth-order valence-electron chi connectivity index (χ4n) is 3.42. The van der Waals surface area contributed by atoms with Crippen LogP contribution in [0, 0.1) is 0 Å². The first-order valence-corrected chi connectivity index (χ1v) is 12.7. The van der Waals surface area contributed by atoms with Gasteiger partial charge in [-0.05, 0) is 38.8 Å². The number of ether oxygens (including phenoxy) is 1.